The minimum absolute atomic E-state index is 0.00740. The Morgan fingerprint density at radius 1 is 0.964 bits per heavy atom. The second-order valence-corrected chi connectivity index (χ2v) is 5.87. The van der Waals surface area contributed by atoms with Crippen molar-refractivity contribution < 1.29 is 33.3 Å². The number of carbonyl (C=O) groups excluding carboxylic acids is 3. The number of hydrogen-bond donors (Lipinski definition) is 1. The van der Waals surface area contributed by atoms with Crippen molar-refractivity contribution in [3.63, 3.8) is 0 Å². The summed E-state index contributed by atoms with van der Waals surface area (Å²) in [5.41, 5.74) is 0.483. The van der Waals surface area contributed by atoms with Gasteiger partial charge in [-0.05, 0) is 26.0 Å². The van der Waals surface area contributed by atoms with Crippen LogP contribution in [0.5, 0.6) is 5.75 Å². The Morgan fingerprint density at radius 2 is 1.61 bits per heavy atom. The van der Waals surface area contributed by atoms with Gasteiger partial charge in [0.05, 0.1) is 6.54 Å². The fourth-order valence-corrected chi connectivity index (χ4v) is 1.71. The maximum Gasteiger partial charge on any atom is 0.407 e. The van der Waals surface area contributed by atoms with Crippen molar-refractivity contribution in [3.05, 3.63) is 54.6 Å². The number of ether oxygens (including phenoxy) is 4. The first kappa shape index (κ1) is 22.8. The van der Waals surface area contributed by atoms with Crippen molar-refractivity contribution in [2.75, 3.05) is 26.4 Å². The van der Waals surface area contributed by atoms with Gasteiger partial charge in [-0.2, -0.15) is 0 Å². The minimum atomic E-state index is -0.823. The van der Waals surface area contributed by atoms with Gasteiger partial charge in [0.2, 0.25) is 0 Å². The van der Waals surface area contributed by atoms with E-state index in [1.807, 2.05) is 6.07 Å². The van der Waals surface area contributed by atoms with E-state index < -0.39 is 24.1 Å². The molecule has 1 unspecified atom stereocenters. The molecule has 0 radical (unpaired) electrons. The lowest BCUT2D eigenvalue weighted by atomic mass is 10.3. The number of amides is 1. The summed E-state index contributed by atoms with van der Waals surface area (Å²) >= 11 is 0. The Labute approximate surface area is 164 Å². The summed E-state index contributed by atoms with van der Waals surface area (Å²) in [6.07, 6.45) is -1.57. The molecule has 1 aromatic rings. The third-order valence-corrected chi connectivity index (χ3v) is 3.15. The monoisotopic (exact) mass is 391 g/mol. The fourth-order valence-electron chi connectivity index (χ4n) is 1.71. The highest BCUT2D eigenvalue weighted by molar-refractivity contribution is 5.87. The van der Waals surface area contributed by atoms with Crippen molar-refractivity contribution in [2.24, 2.45) is 0 Å². The summed E-state index contributed by atoms with van der Waals surface area (Å²) in [6.45, 7) is 9.81. The third kappa shape index (κ3) is 9.42. The van der Waals surface area contributed by atoms with Crippen molar-refractivity contribution in [1.29, 1.82) is 0 Å². The lowest BCUT2D eigenvalue weighted by Crippen LogP contribution is -2.35. The Morgan fingerprint density at radius 3 is 2.21 bits per heavy atom. The number of carbonyl (C=O) groups is 3. The average Bonchev–Trinajstić information content (AvgIpc) is 2.67. The van der Waals surface area contributed by atoms with E-state index in [9.17, 15) is 14.4 Å². The summed E-state index contributed by atoms with van der Waals surface area (Å²) in [4.78, 5) is 34.7. The molecule has 8 nitrogen and oxygen atoms in total. The first-order valence-electron chi connectivity index (χ1n) is 8.57. The van der Waals surface area contributed by atoms with Crippen LogP contribution in [0.15, 0.2) is 54.6 Å². The number of para-hydroxylation sites is 1. The van der Waals surface area contributed by atoms with Crippen LogP contribution in [0.3, 0.4) is 0 Å². The zero-order valence-electron chi connectivity index (χ0n) is 16.1. The van der Waals surface area contributed by atoms with Crippen molar-refractivity contribution in [1.82, 2.24) is 5.32 Å². The lowest BCUT2D eigenvalue weighted by Gasteiger charge is -2.19. The quantitative estimate of drug-likeness (QED) is 0.268. The van der Waals surface area contributed by atoms with E-state index in [-0.39, 0.29) is 37.5 Å². The molecular formula is C20H25NO7. The largest absolute Gasteiger partial charge is 0.490 e. The van der Waals surface area contributed by atoms with Gasteiger partial charge in [0.25, 0.3) is 0 Å². The van der Waals surface area contributed by atoms with Crippen LogP contribution in [-0.2, 0) is 23.8 Å². The molecule has 1 rings (SSSR count). The fraction of sp³-hybridized carbons (Fsp3) is 0.350. The van der Waals surface area contributed by atoms with E-state index in [1.165, 1.54) is 13.8 Å². The van der Waals surface area contributed by atoms with Gasteiger partial charge in [0.1, 0.15) is 25.6 Å². The molecule has 152 valence electrons. The Hall–Kier alpha value is -3.29. The van der Waals surface area contributed by atoms with E-state index >= 15 is 0 Å². The highest BCUT2D eigenvalue weighted by atomic mass is 16.6. The molecule has 0 aliphatic carbocycles. The van der Waals surface area contributed by atoms with Crippen LogP contribution in [0, 0.1) is 0 Å². The molecular weight excluding hydrogens is 366 g/mol. The first-order chi connectivity index (χ1) is 13.3. The van der Waals surface area contributed by atoms with Gasteiger partial charge in [-0.25, -0.2) is 14.4 Å². The molecule has 0 saturated heterocycles. The highest BCUT2D eigenvalue weighted by Crippen LogP contribution is 2.10. The second kappa shape index (κ2) is 12.2. The molecule has 8 heteroatoms. The molecule has 1 amide bonds. The van der Waals surface area contributed by atoms with Gasteiger partial charge in [-0.1, -0.05) is 31.4 Å². The Bertz CT molecular complexity index is 700. The highest BCUT2D eigenvalue weighted by Gasteiger charge is 2.18. The van der Waals surface area contributed by atoms with Gasteiger partial charge in [-0.3, -0.25) is 0 Å². The summed E-state index contributed by atoms with van der Waals surface area (Å²) in [6, 6.07) is 8.94. The summed E-state index contributed by atoms with van der Waals surface area (Å²) in [7, 11) is 0. The number of nitrogens with one attached hydrogen (secondary N) is 1. The van der Waals surface area contributed by atoms with Gasteiger partial charge >= 0.3 is 18.0 Å². The molecule has 0 fully saturated rings. The molecule has 1 aromatic carbocycles. The van der Waals surface area contributed by atoms with Crippen molar-refractivity contribution in [3.8, 4) is 5.75 Å². The van der Waals surface area contributed by atoms with Crippen molar-refractivity contribution >= 4 is 18.0 Å². The molecule has 1 atom stereocenters. The van der Waals surface area contributed by atoms with Crippen LogP contribution in [0.25, 0.3) is 0 Å². The first-order valence-corrected chi connectivity index (χ1v) is 8.57. The van der Waals surface area contributed by atoms with E-state index in [4.69, 9.17) is 18.9 Å². The Balaban J connectivity index is 2.43. The number of rotatable bonds is 11. The number of hydrogen-bond acceptors (Lipinski definition) is 7. The van der Waals surface area contributed by atoms with Gasteiger partial charge in [0.15, 0.2) is 6.10 Å². The molecule has 0 aromatic heterocycles. The zero-order valence-corrected chi connectivity index (χ0v) is 16.1. The average molecular weight is 391 g/mol. The molecule has 0 aliphatic heterocycles. The number of alkyl carbamates (subject to hydrolysis) is 1. The molecule has 1 N–H and O–H groups in total. The lowest BCUT2D eigenvalue weighted by molar-refractivity contribution is -0.148. The molecule has 0 spiro atoms. The number of benzene rings is 1. The van der Waals surface area contributed by atoms with Crippen LogP contribution in [0.1, 0.15) is 13.8 Å². The van der Waals surface area contributed by atoms with E-state index in [2.05, 4.69) is 18.5 Å². The predicted molar refractivity (Wildman–Crippen MR) is 102 cm³/mol. The minimum Gasteiger partial charge on any atom is -0.490 e. The summed E-state index contributed by atoms with van der Waals surface area (Å²) in [5, 5.41) is 2.42. The maximum atomic E-state index is 11.7. The molecule has 28 heavy (non-hydrogen) atoms. The normalized spacial score (nSPS) is 10.9. The van der Waals surface area contributed by atoms with Gasteiger partial charge < -0.3 is 24.3 Å². The maximum absolute atomic E-state index is 11.7. The van der Waals surface area contributed by atoms with E-state index in [0.29, 0.717) is 5.75 Å². The molecule has 0 saturated carbocycles. The zero-order chi connectivity index (χ0) is 20.9. The van der Waals surface area contributed by atoms with Crippen LogP contribution >= 0.6 is 0 Å². The van der Waals surface area contributed by atoms with E-state index in [1.54, 1.807) is 24.3 Å². The molecule has 0 aliphatic rings. The smallest absolute Gasteiger partial charge is 0.407 e. The van der Waals surface area contributed by atoms with Crippen molar-refractivity contribution in [2.45, 2.75) is 20.0 Å². The van der Waals surface area contributed by atoms with Crippen LogP contribution < -0.4 is 10.1 Å². The second-order valence-electron chi connectivity index (χ2n) is 5.87. The molecule has 0 heterocycles. The standard InChI is InChI=1S/C20H25NO7/c1-14(2)18(22)25-11-10-21-20(24)27-13-17(28-19(23)15(3)4)12-26-16-8-6-5-7-9-16/h5-9,17H,1,3,10-13H2,2,4H3,(H,21,24). The van der Waals surface area contributed by atoms with Gasteiger partial charge in [0, 0.05) is 11.1 Å². The summed E-state index contributed by atoms with van der Waals surface area (Å²) in [5.74, 6) is -0.569. The van der Waals surface area contributed by atoms with Crippen LogP contribution in [-0.4, -0.2) is 50.5 Å². The SMILES string of the molecule is C=C(C)C(=O)OCCNC(=O)OCC(COc1ccccc1)OC(=O)C(=C)C. The number of esters is 2. The van der Waals surface area contributed by atoms with Crippen LogP contribution in [0.2, 0.25) is 0 Å². The Kier molecular flexibility index (Phi) is 9.88. The van der Waals surface area contributed by atoms with E-state index in [0.717, 1.165) is 0 Å². The predicted octanol–water partition coefficient (Wildman–Crippen LogP) is 2.40. The molecule has 0 bridgehead atoms. The summed E-state index contributed by atoms with van der Waals surface area (Å²) < 4.78 is 20.6. The third-order valence-electron chi connectivity index (χ3n) is 3.15. The topological polar surface area (TPSA) is 100 Å². The van der Waals surface area contributed by atoms with Gasteiger partial charge in [-0.15, -0.1) is 0 Å². The van der Waals surface area contributed by atoms with Crippen LogP contribution in [0.4, 0.5) is 4.79 Å².